The van der Waals surface area contributed by atoms with Crippen LogP contribution in [0.2, 0.25) is 0 Å². The summed E-state index contributed by atoms with van der Waals surface area (Å²) < 4.78 is 0.905. The van der Waals surface area contributed by atoms with Gasteiger partial charge in [0.25, 0.3) is 0 Å². The van der Waals surface area contributed by atoms with Crippen LogP contribution in [0.5, 0.6) is 0 Å². The van der Waals surface area contributed by atoms with Gasteiger partial charge in [0, 0.05) is 31.4 Å². The molecule has 1 N–H and O–H groups in total. The maximum Gasteiger partial charge on any atom is 0.225 e. The molecule has 23 heavy (non-hydrogen) atoms. The average Bonchev–Trinajstić information content (AvgIpc) is 2.99. The summed E-state index contributed by atoms with van der Waals surface area (Å²) in [5.41, 5.74) is 3.42. The minimum absolute atomic E-state index is 0.392. The van der Waals surface area contributed by atoms with Crippen molar-refractivity contribution < 1.29 is 0 Å². The second-order valence-corrected chi connectivity index (χ2v) is 7.04. The van der Waals surface area contributed by atoms with Gasteiger partial charge in [-0.1, -0.05) is 6.07 Å². The first-order valence-corrected chi connectivity index (χ1v) is 8.67. The van der Waals surface area contributed by atoms with Gasteiger partial charge in [-0.3, -0.25) is 0 Å². The van der Waals surface area contributed by atoms with Crippen LogP contribution in [0.1, 0.15) is 30.1 Å². The Morgan fingerprint density at radius 2 is 2.09 bits per heavy atom. The van der Waals surface area contributed by atoms with Crippen LogP contribution in [0.4, 0.5) is 5.95 Å². The zero-order valence-electron chi connectivity index (χ0n) is 13.0. The third kappa shape index (κ3) is 2.95. The number of hydrogen-bond donors (Lipinski definition) is 1. The maximum atomic E-state index is 4.79. The molecule has 1 fully saturated rings. The maximum absolute atomic E-state index is 4.79. The van der Waals surface area contributed by atoms with E-state index < -0.39 is 0 Å². The molecule has 0 bridgehead atoms. The molecule has 1 unspecified atom stereocenters. The van der Waals surface area contributed by atoms with E-state index in [4.69, 9.17) is 4.98 Å². The van der Waals surface area contributed by atoms with Crippen molar-refractivity contribution in [2.45, 2.75) is 25.7 Å². The molecule has 3 heterocycles. The van der Waals surface area contributed by atoms with Crippen LogP contribution < -0.4 is 4.90 Å². The summed E-state index contributed by atoms with van der Waals surface area (Å²) >= 11 is 3.38. The van der Waals surface area contributed by atoms with Gasteiger partial charge in [-0.2, -0.15) is 0 Å². The van der Waals surface area contributed by atoms with Crippen molar-refractivity contribution in [1.82, 2.24) is 19.9 Å². The Labute approximate surface area is 143 Å². The Kier molecular flexibility index (Phi) is 3.77. The molecule has 6 heteroatoms. The van der Waals surface area contributed by atoms with Crippen LogP contribution in [-0.4, -0.2) is 33.0 Å². The molecule has 0 spiro atoms. The molecule has 0 saturated carbocycles. The molecule has 1 aromatic carbocycles. The number of imidazole rings is 1. The van der Waals surface area contributed by atoms with Gasteiger partial charge in [-0.15, -0.1) is 0 Å². The molecule has 1 aliphatic rings. The van der Waals surface area contributed by atoms with Crippen molar-refractivity contribution in [3.05, 3.63) is 46.5 Å². The van der Waals surface area contributed by atoms with Gasteiger partial charge in [-0.25, -0.2) is 15.0 Å². The zero-order valence-corrected chi connectivity index (χ0v) is 14.5. The number of piperidine rings is 1. The Hall–Kier alpha value is -1.95. The average molecular weight is 372 g/mol. The van der Waals surface area contributed by atoms with E-state index in [9.17, 15) is 0 Å². The summed E-state index contributed by atoms with van der Waals surface area (Å²) in [5, 5.41) is 0. The molecule has 1 aliphatic heterocycles. The van der Waals surface area contributed by atoms with Gasteiger partial charge in [0.15, 0.2) is 0 Å². The number of hydrogen-bond acceptors (Lipinski definition) is 4. The molecule has 2 aromatic heterocycles. The van der Waals surface area contributed by atoms with E-state index in [1.54, 1.807) is 12.4 Å². The normalized spacial score (nSPS) is 18.5. The van der Waals surface area contributed by atoms with Gasteiger partial charge in [0.05, 0.1) is 15.5 Å². The minimum atomic E-state index is 0.392. The quantitative estimate of drug-likeness (QED) is 0.743. The molecule has 0 aliphatic carbocycles. The Bertz CT molecular complexity index is 827. The molecule has 5 nitrogen and oxygen atoms in total. The van der Waals surface area contributed by atoms with E-state index in [-0.39, 0.29) is 0 Å². The highest BCUT2D eigenvalue weighted by molar-refractivity contribution is 9.10. The predicted molar refractivity (Wildman–Crippen MR) is 94.8 cm³/mol. The lowest BCUT2D eigenvalue weighted by atomic mass is 9.98. The first kappa shape index (κ1) is 14.6. The van der Waals surface area contributed by atoms with E-state index >= 15 is 0 Å². The second-order valence-electron chi connectivity index (χ2n) is 6.13. The zero-order chi connectivity index (χ0) is 15.8. The van der Waals surface area contributed by atoms with Gasteiger partial charge < -0.3 is 9.88 Å². The number of fused-ring (bicyclic) bond motifs is 1. The van der Waals surface area contributed by atoms with Crippen LogP contribution >= 0.6 is 15.9 Å². The number of aromatic nitrogens is 4. The molecule has 0 amide bonds. The molecule has 0 radical (unpaired) electrons. The number of halogens is 1. The number of benzene rings is 1. The van der Waals surface area contributed by atoms with E-state index in [2.05, 4.69) is 60.9 Å². The van der Waals surface area contributed by atoms with Gasteiger partial charge >= 0.3 is 0 Å². The number of H-pyrrole nitrogens is 1. The molecule has 4 rings (SSSR count). The highest BCUT2D eigenvalue weighted by Crippen LogP contribution is 2.28. The fourth-order valence-electron chi connectivity index (χ4n) is 3.19. The van der Waals surface area contributed by atoms with E-state index in [1.165, 1.54) is 5.56 Å². The number of nitrogens with zero attached hydrogens (tertiary/aromatic N) is 4. The summed E-state index contributed by atoms with van der Waals surface area (Å²) in [7, 11) is 0. The summed E-state index contributed by atoms with van der Waals surface area (Å²) in [4.78, 5) is 19.4. The summed E-state index contributed by atoms with van der Waals surface area (Å²) in [6.07, 6.45) is 5.87. The van der Waals surface area contributed by atoms with E-state index in [1.807, 2.05) is 0 Å². The standard InChI is InChI=1S/C17H18BrN5/c1-11-4-5-14-15(7-11)22-16(21-14)12-3-2-6-23(10-12)17-19-8-13(18)9-20-17/h4-5,7-9,12H,2-3,6,10H2,1H3,(H,21,22). The first-order chi connectivity index (χ1) is 11.2. The molecule has 118 valence electrons. The molecular weight excluding hydrogens is 354 g/mol. The Morgan fingerprint density at radius 3 is 2.91 bits per heavy atom. The fourth-order valence-corrected chi connectivity index (χ4v) is 3.39. The van der Waals surface area contributed by atoms with Crippen LogP contribution in [0.15, 0.2) is 35.1 Å². The summed E-state index contributed by atoms with van der Waals surface area (Å²) in [6.45, 7) is 4.01. The molecular formula is C17H18BrN5. The number of nitrogens with one attached hydrogen (secondary N) is 1. The van der Waals surface area contributed by atoms with Crippen LogP contribution in [0, 0.1) is 6.92 Å². The smallest absolute Gasteiger partial charge is 0.225 e. The van der Waals surface area contributed by atoms with E-state index in [0.717, 1.165) is 53.2 Å². The van der Waals surface area contributed by atoms with Crippen LogP contribution in [0.25, 0.3) is 11.0 Å². The van der Waals surface area contributed by atoms with Crippen molar-refractivity contribution in [3.8, 4) is 0 Å². The largest absolute Gasteiger partial charge is 0.342 e. The number of anilines is 1. The first-order valence-electron chi connectivity index (χ1n) is 7.88. The topological polar surface area (TPSA) is 57.7 Å². The highest BCUT2D eigenvalue weighted by Gasteiger charge is 2.25. The van der Waals surface area contributed by atoms with E-state index in [0.29, 0.717) is 5.92 Å². The molecule has 1 atom stereocenters. The number of aromatic amines is 1. The fraction of sp³-hybridized carbons (Fsp3) is 0.353. The van der Waals surface area contributed by atoms with Crippen molar-refractivity contribution in [2.24, 2.45) is 0 Å². The Morgan fingerprint density at radius 1 is 1.26 bits per heavy atom. The highest BCUT2D eigenvalue weighted by atomic mass is 79.9. The third-order valence-corrected chi connectivity index (χ3v) is 4.76. The Balaban J connectivity index is 1.59. The van der Waals surface area contributed by atoms with Gasteiger partial charge in [-0.05, 0) is 53.4 Å². The van der Waals surface area contributed by atoms with Gasteiger partial charge in [0.2, 0.25) is 5.95 Å². The molecule has 1 saturated heterocycles. The minimum Gasteiger partial charge on any atom is -0.342 e. The number of aryl methyl sites for hydroxylation is 1. The second kappa shape index (κ2) is 5.92. The van der Waals surface area contributed by atoms with Crippen LogP contribution in [-0.2, 0) is 0 Å². The number of rotatable bonds is 2. The van der Waals surface area contributed by atoms with Gasteiger partial charge in [0.1, 0.15) is 5.82 Å². The van der Waals surface area contributed by atoms with Crippen molar-refractivity contribution in [2.75, 3.05) is 18.0 Å². The van der Waals surface area contributed by atoms with Crippen molar-refractivity contribution in [3.63, 3.8) is 0 Å². The van der Waals surface area contributed by atoms with Crippen molar-refractivity contribution in [1.29, 1.82) is 0 Å². The van der Waals surface area contributed by atoms with Crippen LogP contribution in [0.3, 0.4) is 0 Å². The lowest BCUT2D eigenvalue weighted by molar-refractivity contribution is 0.489. The lowest BCUT2D eigenvalue weighted by Crippen LogP contribution is -2.35. The predicted octanol–water partition coefficient (Wildman–Crippen LogP) is 3.81. The third-order valence-electron chi connectivity index (χ3n) is 4.35. The monoisotopic (exact) mass is 371 g/mol. The summed E-state index contributed by atoms with van der Waals surface area (Å²) in [5.74, 6) is 2.26. The van der Waals surface area contributed by atoms with Crippen molar-refractivity contribution >= 4 is 32.9 Å². The SMILES string of the molecule is Cc1ccc2nc(C3CCCN(c4ncc(Br)cn4)C3)[nH]c2c1. The lowest BCUT2D eigenvalue weighted by Gasteiger charge is -2.31. The molecule has 3 aromatic rings. The summed E-state index contributed by atoms with van der Waals surface area (Å²) in [6, 6.07) is 6.35.